The molecular weight excluding hydrogens is 268 g/mol. The first-order valence-electron chi connectivity index (χ1n) is 8.16. The molecule has 2 heterocycles. The number of fused-ring (bicyclic) bond motifs is 3. The second kappa shape index (κ2) is 5.62. The Morgan fingerprint density at radius 1 is 1.00 bits per heavy atom. The number of rotatable bonds is 2. The molecule has 0 amide bonds. The van der Waals surface area contributed by atoms with Gasteiger partial charge in [0.1, 0.15) is 0 Å². The molecule has 0 saturated carbocycles. The van der Waals surface area contributed by atoms with E-state index in [0.717, 1.165) is 32.5 Å². The quantitative estimate of drug-likeness (QED) is 0.753. The molecule has 0 saturated heterocycles. The summed E-state index contributed by atoms with van der Waals surface area (Å²) in [6.07, 6.45) is 2.27. The summed E-state index contributed by atoms with van der Waals surface area (Å²) in [5.41, 5.74) is 7.03. The molecule has 1 aliphatic rings. The van der Waals surface area contributed by atoms with Crippen molar-refractivity contribution < 1.29 is 0 Å². The molecule has 0 fully saturated rings. The van der Waals surface area contributed by atoms with Crippen molar-refractivity contribution in [1.29, 1.82) is 0 Å². The van der Waals surface area contributed by atoms with Crippen LogP contribution in [0.3, 0.4) is 0 Å². The zero-order chi connectivity index (χ0) is 14.9. The third kappa shape index (κ3) is 2.55. The maximum atomic E-state index is 3.64. The van der Waals surface area contributed by atoms with E-state index in [1.54, 1.807) is 0 Å². The minimum atomic E-state index is 1.06. The number of nitrogens with one attached hydrogen (secondary N) is 1. The Hall–Kier alpha value is -2.06. The van der Waals surface area contributed by atoms with Crippen LogP contribution in [0, 0.1) is 6.92 Å². The number of aryl methyl sites for hydroxylation is 1. The van der Waals surface area contributed by atoms with E-state index in [0.29, 0.717) is 0 Å². The highest BCUT2D eigenvalue weighted by molar-refractivity contribution is 5.85. The molecule has 0 atom stereocenters. The molecule has 0 unspecified atom stereocenters. The molecule has 2 nitrogen and oxygen atoms in total. The summed E-state index contributed by atoms with van der Waals surface area (Å²) < 4.78 is 0. The molecule has 0 radical (unpaired) electrons. The Morgan fingerprint density at radius 3 is 2.68 bits per heavy atom. The Morgan fingerprint density at radius 2 is 1.82 bits per heavy atom. The first-order chi connectivity index (χ1) is 10.8. The van der Waals surface area contributed by atoms with Gasteiger partial charge in [0.05, 0.1) is 0 Å². The van der Waals surface area contributed by atoms with E-state index in [1.165, 1.54) is 33.3 Å². The third-order valence-electron chi connectivity index (χ3n) is 4.76. The van der Waals surface area contributed by atoms with Gasteiger partial charge in [-0.25, -0.2) is 0 Å². The molecule has 1 N–H and O–H groups in total. The maximum Gasteiger partial charge on any atom is 0.0459 e. The number of aromatic amines is 1. The van der Waals surface area contributed by atoms with Crippen molar-refractivity contribution in [3.05, 3.63) is 70.9 Å². The van der Waals surface area contributed by atoms with Crippen LogP contribution < -0.4 is 0 Å². The number of nitrogens with zero attached hydrogens (tertiary/aromatic N) is 1. The van der Waals surface area contributed by atoms with Gasteiger partial charge in [0.25, 0.3) is 0 Å². The summed E-state index contributed by atoms with van der Waals surface area (Å²) in [6, 6.07) is 17.5. The fraction of sp³-hybridized carbons (Fsp3) is 0.300. The van der Waals surface area contributed by atoms with Gasteiger partial charge < -0.3 is 4.98 Å². The summed E-state index contributed by atoms with van der Waals surface area (Å²) >= 11 is 0. The van der Waals surface area contributed by atoms with Crippen molar-refractivity contribution in [1.82, 2.24) is 9.88 Å². The summed E-state index contributed by atoms with van der Waals surface area (Å²) in [7, 11) is 0. The molecule has 3 aromatic rings. The van der Waals surface area contributed by atoms with Crippen molar-refractivity contribution in [3.8, 4) is 0 Å². The average Bonchev–Trinajstić information content (AvgIpc) is 2.75. The van der Waals surface area contributed by atoms with E-state index in [1.807, 2.05) is 0 Å². The van der Waals surface area contributed by atoms with Crippen molar-refractivity contribution in [2.75, 3.05) is 13.1 Å². The lowest BCUT2D eigenvalue weighted by molar-refractivity contribution is 0.279. The summed E-state index contributed by atoms with van der Waals surface area (Å²) in [4.78, 5) is 6.22. The number of hydrogen-bond donors (Lipinski definition) is 1. The Bertz CT molecular complexity index is 786. The zero-order valence-corrected chi connectivity index (χ0v) is 13.1. The van der Waals surface area contributed by atoms with E-state index in [2.05, 4.69) is 65.3 Å². The van der Waals surface area contributed by atoms with Gasteiger partial charge in [-0.05, 0) is 36.6 Å². The van der Waals surface area contributed by atoms with Crippen LogP contribution in [-0.2, 0) is 19.4 Å². The van der Waals surface area contributed by atoms with E-state index in [4.69, 9.17) is 0 Å². The molecule has 0 spiro atoms. The van der Waals surface area contributed by atoms with Crippen LogP contribution in [0.1, 0.15) is 22.4 Å². The number of hydrogen-bond acceptors (Lipinski definition) is 1. The Labute approximate surface area is 131 Å². The van der Waals surface area contributed by atoms with E-state index < -0.39 is 0 Å². The minimum Gasteiger partial charge on any atom is -0.358 e. The lowest BCUT2D eigenvalue weighted by Gasteiger charge is -2.19. The van der Waals surface area contributed by atoms with Gasteiger partial charge in [-0.1, -0.05) is 42.0 Å². The van der Waals surface area contributed by atoms with E-state index >= 15 is 0 Å². The lowest BCUT2D eigenvalue weighted by Crippen LogP contribution is -2.26. The molecule has 4 rings (SSSR count). The van der Waals surface area contributed by atoms with Gasteiger partial charge in [0.2, 0.25) is 0 Å². The van der Waals surface area contributed by atoms with Gasteiger partial charge >= 0.3 is 0 Å². The standard InChI is InChI=1S/C20H22N2/c1-15-7-8-19-18(13-15)17-9-11-22(12-10-20(17)21-19)14-16-5-3-2-4-6-16/h2-8,13,21H,9-12,14H2,1H3. The number of aromatic nitrogens is 1. The van der Waals surface area contributed by atoms with Crippen LogP contribution in [0.15, 0.2) is 48.5 Å². The first kappa shape index (κ1) is 13.6. The second-order valence-corrected chi connectivity index (χ2v) is 6.39. The molecular formula is C20H22N2. The minimum absolute atomic E-state index is 1.06. The highest BCUT2D eigenvalue weighted by atomic mass is 15.1. The van der Waals surface area contributed by atoms with Gasteiger partial charge in [0.15, 0.2) is 0 Å². The average molecular weight is 290 g/mol. The molecule has 22 heavy (non-hydrogen) atoms. The number of H-pyrrole nitrogens is 1. The predicted molar refractivity (Wildman–Crippen MR) is 92.2 cm³/mol. The molecule has 2 aromatic carbocycles. The fourth-order valence-corrected chi connectivity index (χ4v) is 3.57. The highest BCUT2D eigenvalue weighted by Gasteiger charge is 2.18. The fourth-order valence-electron chi connectivity index (χ4n) is 3.57. The SMILES string of the molecule is Cc1ccc2[nH]c3c(c2c1)CCN(Cc1ccccc1)CC3. The van der Waals surface area contributed by atoms with Crippen molar-refractivity contribution in [2.45, 2.75) is 26.3 Å². The zero-order valence-electron chi connectivity index (χ0n) is 13.1. The highest BCUT2D eigenvalue weighted by Crippen LogP contribution is 2.27. The molecule has 1 aliphatic heterocycles. The number of benzene rings is 2. The molecule has 1 aromatic heterocycles. The van der Waals surface area contributed by atoms with Gasteiger partial charge in [-0.3, -0.25) is 4.90 Å². The van der Waals surface area contributed by atoms with Gasteiger partial charge in [0, 0.05) is 42.7 Å². The molecule has 2 heteroatoms. The van der Waals surface area contributed by atoms with Gasteiger partial charge in [-0.15, -0.1) is 0 Å². The monoisotopic (exact) mass is 290 g/mol. The molecule has 112 valence electrons. The first-order valence-corrected chi connectivity index (χ1v) is 8.16. The van der Waals surface area contributed by atoms with Crippen LogP contribution in [0.4, 0.5) is 0 Å². The van der Waals surface area contributed by atoms with Crippen molar-refractivity contribution in [3.63, 3.8) is 0 Å². The van der Waals surface area contributed by atoms with Crippen molar-refractivity contribution >= 4 is 10.9 Å². The summed E-state index contributed by atoms with van der Waals surface area (Å²) in [5, 5.41) is 1.43. The smallest absolute Gasteiger partial charge is 0.0459 e. The van der Waals surface area contributed by atoms with Gasteiger partial charge in [-0.2, -0.15) is 0 Å². The molecule has 0 bridgehead atoms. The van der Waals surface area contributed by atoms with Crippen molar-refractivity contribution in [2.24, 2.45) is 0 Å². The van der Waals surface area contributed by atoms with Crippen LogP contribution in [0.2, 0.25) is 0 Å². The van der Waals surface area contributed by atoms with Crippen LogP contribution in [0.25, 0.3) is 10.9 Å². The molecule has 0 aliphatic carbocycles. The van der Waals surface area contributed by atoms with Crippen LogP contribution >= 0.6 is 0 Å². The largest absolute Gasteiger partial charge is 0.358 e. The maximum absolute atomic E-state index is 3.64. The Kier molecular flexibility index (Phi) is 3.47. The van der Waals surface area contributed by atoms with E-state index in [9.17, 15) is 0 Å². The summed E-state index contributed by atoms with van der Waals surface area (Å²) in [5.74, 6) is 0. The van der Waals surface area contributed by atoms with Crippen LogP contribution in [-0.4, -0.2) is 23.0 Å². The summed E-state index contributed by atoms with van der Waals surface area (Å²) in [6.45, 7) is 5.51. The lowest BCUT2D eigenvalue weighted by atomic mass is 10.1. The predicted octanol–water partition coefficient (Wildman–Crippen LogP) is 4.08. The second-order valence-electron chi connectivity index (χ2n) is 6.39. The normalized spacial score (nSPS) is 15.7. The topological polar surface area (TPSA) is 19.0 Å². The third-order valence-corrected chi connectivity index (χ3v) is 4.76. The van der Waals surface area contributed by atoms with E-state index in [-0.39, 0.29) is 0 Å². The van der Waals surface area contributed by atoms with Crippen LogP contribution in [0.5, 0.6) is 0 Å². The Balaban J connectivity index is 1.57.